The predicted molar refractivity (Wildman–Crippen MR) is 77.2 cm³/mol. The Hall–Kier alpha value is -1.44. The van der Waals surface area contributed by atoms with Gasteiger partial charge < -0.3 is 9.30 Å². The molecule has 1 aromatic carbocycles. The third kappa shape index (κ3) is 2.87. The van der Waals surface area contributed by atoms with Gasteiger partial charge in [0.15, 0.2) is 0 Å². The highest BCUT2D eigenvalue weighted by atomic mass is 16.5. The summed E-state index contributed by atoms with van der Waals surface area (Å²) in [6.07, 6.45) is 7.13. The van der Waals surface area contributed by atoms with E-state index in [4.69, 9.17) is 4.74 Å². The zero-order valence-corrected chi connectivity index (χ0v) is 11.5. The summed E-state index contributed by atoms with van der Waals surface area (Å²) in [4.78, 5) is 0. The van der Waals surface area contributed by atoms with Gasteiger partial charge in [0.1, 0.15) is 5.75 Å². The van der Waals surface area contributed by atoms with Gasteiger partial charge in [-0.05, 0) is 31.5 Å². The van der Waals surface area contributed by atoms with Crippen molar-refractivity contribution in [1.29, 1.82) is 0 Å². The average Bonchev–Trinajstić information content (AvgIpc) is 2.82. The van der Waals surface area contributed by atoms with Gasteiger partial charge in [-0.1, -0.05) is 32.3 Å². The molecule has 0 radical (unpaired) electrons. The molecule has 0 N–H and O–H groups in total. The molecule has 0 spiro atoms. The molecular formula is C16H23NO. The number of aromatic nitrogens is 1. The van der Waals surface area contributed by atoms with Crippen LogP contribution in [0.1, 0.15) is 39.5 Å². The van der Waals surface area contributed by atoms with Crippen molar-refractivity contribution in [3.8, 4) is 5.75 Å². The summed E-state index contributed by atoms with van der Waals surface area (Å²) >= 11 is 0. The molecule has 0 unspecified atom stereocenters. The number of benzene rings is 1. The zero-order chi connectivity index (χ0) is 12.8. The molecule has 0 aliphatic rings. The number of ether oxygens (including phenoxy) is 1. The molecule has 1 heterocycles. The van der Waals surface area contributed by atoms with Crippen LogP contribution in [0.2, 0.25) is 0 Å². The quantitative estimate of drug-likeness (QED) is 0.649. The fourth-order valence-corrected chi connectivity index (χ4v) is 2.31. The molecule has 2 nitrogen and oxygen atoms in total. The molecule has 18 heavy (non-hydrogen) atoms. The van der Waals surface area contributed by atoms with Crippen LogP contribution < -0.4 is 4.74 Å². The molecule has 0 aliphatic heterocycles. The van der Waals surface area contributed by atoms with E-state index in [9.17, 15) is 0 Å². The van der Waals surface area contributed by atoms with Crippen molar-refractivity contribution in [2.24, 2.45) is 0 Å². The Labute approximate surface area is 110 Å². The van der Waals surface area contributed by atoms with Crippen LogP contribution in [0, 0.1) is 0 Å². The Bertz CT molecular complexity index is 487. The van der Waals surface area contributed by atoms with Crippen LogP contribution in [0.25, 0.3) is 10.9 Å². The smallest absolute Gasteiger partial charge is 0.128 e. The first-order chi connectivity index (χ1) is 8.86. The van der Waals surface area contributed by atoms with Crippen LogP contribution in [0.4, 0.5) is 0 Å². The molecule has 0 saturated heterocycles. The summed E-state index contributed by atoms with van der Waals surface area (Å²) in [6, 6.07) is 8.46. The molecule has 2 aromatic rings. The minimum Gasteiger partial charge on any atom is -0.493 e. The van der Waals surface area contributed by atoms with Gasteiger partial charge >= 0.3 is 0 Å². The lowest BCUT2D eigenvalue weighted by Gasteiger charge is -2.08. The van der Waals surface area contributed by atoms with E-state index in [1.165, 1.54) is 30.2 Å². The van der Waals surface area contributed by atoms with Crippen molar-refractivity contribution in [3.05, 3.63) is 30.5 Å². The van der Waals surface area contributed by atoms with E-state index < -0.39 is 0 Å². The first kappa shape index (κ1) is 13.0. The maximum Gasteiger partial charge on any atom is 0.128 e. The van der Waals surface area contributed by atoms with Gasteiger partial charge in [0, 0.05) is 18.1 Å². The van der Waals surface area contributed by atoms with E-state index in [-0.39, 0.29) is 0 Å². The molecule has 2 rings (SSSR count). The van der Waals surface area contributed by atoms with Gasteiger partial charge in [-0.2, -0.15) is 0 Å². The first-order valence-corrected chi connectivity index (χ1v) is 7.07. The molecule has 0 aliphatic carbocycles. The van der Waals surface area contributed by atoms with Crippen molar-refractivity contribution in [2.45, 2.75) is 46.1 Å². The predicted octanol–water partition coefficient (Wildman–Crippen LogP) is 4.62. The molecule has 1 aromatic heterocycles. The van der Waals surface area contributed by atoms with E-state index in [2.05, 4.69) is 48.9 Å². The maximum absolute atomic E-state index is 5.91. The Morgan fingerprint density at radius 2 is 1.94 bits per heavy atom. The number of rotatable bonds is 7. The zero-order valence-electron chi connectivity index (χ0n) is 11.5. The van der Waals surface area contributed by atoms with E-state index in [1.54, 1.807) is 0 Å². The highest BCUT2D eigenvalue weighted by Crippen LogP contribution is 2.26. The molecule has 0 amide bonds. The topological polar surface area (TPSA) is 14.2 Å². The minimum atomic E-state index is 0.830. The van der Waals surface area contributed by atoms with Gasteiger partial charge in [0.25, 0.3) is 0 Å². The average molecular weight is 245 g/mol. The third-order valence-corrected chi connectivity index (χ3v) is 3.37. The van der Waals surface area contributed by atoms with Crippen molar-refractivity contribution in [1.82, 2.24) is 4.57 Å². The summed E-state index contributed by atoms with van der Waals surface area (Å²) in [6.45, 7) is 6.23. The molecule has 0 atom stereocenters. The van der Waals surface area contributed by atoms with Crippen molar-refractivity contribution in [3.63, 3.8) is 0 Å². The summed E-state index contributed by atoms with van der Waals surface area (Å²) < 4.78 is 8.16. The second-order valence-corrected chi connectivity index (χ2v) is 4.70. The largest absolute Gasteiger partial charge is 0.493 e. The van der Waals surface area contributed by atoms with Crippen LogP contribution in [0.3, 0.4) is 0 Å². The van der Waals surface area contributed by atoms with Gasteiger partial charge in [-0.3, -0.25) is 0 Å². The Morgan fingerprint density at radius 1 is 1.06 bits per heavy atom. The highest BCUT2D eigenvalue weighted by molar-refractivity contribution is 5.86. The van der Waals surface area contributed by atoms with Crippen molar-refractivity contribution in [2.75, 3.05) is 6.61 Å². The summed E-state index contributed by atoms with van der Waals surface area (Å²) in [5.41, 5.74) is 1.27. The normalized spacial score (nSPS) is 11.0. The molecule has 0 bridgehead atoms. The van der Waals surface area contributed by atoms with Crippen molar-refractivity contribution >= 4 is 10.9 Å². The van der Waals surface area contributed by atoms with Crippen LogP contribution in [-0.4, -0.2) is 11.2 Å². The lowest BCUT2D eigenvalue weighted by Crippen LogP contribution is -1.98. The Balaban J connectivity index is 2.02. The molecular weight excluding hydrogens is 222 g/mol. The summed E-state index contributed by atoms with van der Waals surface area (Å²) in [5, 5.41) is 1.23. The number of hydrogen-bond donors (Lipinski definition) is 0. The number of unbranched alkanes of at least 4 members (excludes halogenated alkanes) is 3. The number of fused-ring (bicyclic) bond motifs is 1. The van der Waals surface area contributed by atoms with Gasteiger partial charge in [-0.25, -0.2) is 0 Å². The molecule has 98 valence electrons. The van der Waals surface area contributed by atoms with Gasteiger partial charge in [0.2, 0.25) is 0 Å². The van der Waals surface area contributed by atoms with Gasteiger partial charge in [0.05, 0.1) is 12.1 Å². The molecule has 2 heteroatoms. The Kier molecular flexibility index (Phi) is 4.68. The van der Waals surface area contributed by atoms with E-state index in [0.717, 1.165) is 25.3 Å². The van der Waals surface area contributed by atoms with Crippen LogP contribution in [-0.2, 0) is 6.54 Å². The molecule has 0 saturated carbocycles. The SMILES string of the molecule is CCCCCCOc1cccc2c1ccn2CC. The van der Waals surface area contributed by atoms with E-state index in [1.807, 2.05) is 0 Å². The maximum atomic E-state index is 5.91. The van der Waals surface area contributed by atoms with Crippen LogP contribution in [0.15, 0.2) is 30.5 Å². The fraction of sp³-hybridized carbons (Fsp3) is 0.500. The lowest BCUT2D eigenvalue weighted by atomic mass is 10.2. The number of aryl methyl sites for hydroxylation is 1. The number of hydrogen-bond acceptors (Lipinski definition) is 1. The summed E-state index contributed by atoms with van der Waals surface area (Å²) in [5.74, 6) is 1.02. The van der Waals surface area contributed by atoms with Crippen molar-refractivity contribution < 1.29 is 4.74 Å². The monoisotopic (exact) mass is 245 g/mol. The molecule has 0 fully saturated rings. The van der Waals surface area contributed by atoms with Crippen LogP contribution >= 0.6 is 0 Å². The Morgan fingerprint density at radius 3 is 2.72 bits per heavy atom. The summed E-state index contributed by atoms with van der Waals surface area (Å²) in [7, 11) is 0. The fourth-order valence-electron chi connectivity index (χ4n) is 2.31. The van der Waals surface area contributed by atoms with Crippen LogP contribution in [0.5, 0.6) is 5.75 Å². The second-order valence-electron chi connectivity index (χ2n) is 4.70. The standard InChI is InChI=1S/C16H23NO/c1-3-5-6-7-13-18-16-10-8-9-15-14(16)11-12-17(15)4-2/h8-12H,3-7,13H2,1-2H3. The van der Waals surface area contributed by atoms with E-state index >= 15 is 0 Å². The number of nitrogens with zero attached hydrogens (tertiary/aromatic N) is 1. The highest BCUT2D eigenvalue weighted by Gasteiger charge is 2.05. The first-order valence-electron chi connectivity index (χ1n) is 7.07. The van der Waals surface area contributed by atoms with E-state index in [0.29, 0.717) is 0 Å². The third-order valence-electron chi connectivity index (χ3n) is 3.37. The minimum absolute atomic E-state index is 0.830. The van der Waals surface area contributed by atoms with Gasteiger partial charge in [-0.15, -0.1) is 0 Å². The lowest BCUT2D eigenvalue weighted by molar-refractivity contribution is 0.308. The second kappa shape index (κ2) is 6.48.